The van der Waals surface area contributed by atoms with Gasteiger partial charge in [0.05, 0.1) is 19.8 Å². The van der Waals surface area contributed by atoms with E-state index in [1.807, 2.05) is 6.07 Å². The van der Waals surface area contributed by atoms with Gasteiger partial charge in [-0.2, -0.15) is 0 Å². The van der Waals surface area contributed by atoms with E-state index in [1.165, 1.54) is 0 Å². The Morgan fingerprint density at radius 1 is 1.32 bits per heavy atom. The number of hydrogen-bond acceptors (Lipinski definition) is 4. The van der Waals surface area contributed by atoms with Crippen LogP contribution in [0.15, 0.2) is 18.2 Å². The zero-order valence-corrected chi connectivity index (χ0v) is 18.5. The van der Waals surface area contributed by atoms with Gasteiger partial charge in [-0.3, -0.25) is 0 Å². The minimum atomic E-state index is -2.58. The van der Waals surface area contributed by atoms with Crippen molar-refractivity contribution in [2.45, 2.75) is 44.2 Å². The molecule has 1 aromatic carbocycles. The summed E-state index contributed by atoms with van der Waals surface area (Å²) in [6.45, 7) is 4.96. The molecule has 0 aliphatic carbocycles. The highest BCUT2D eigenvalue weighted by Gasteiger charge is 2.37. The highest BCUT2D eigenvalue weighted by Crippen LogP contribution is 2.33. The van der Waals surface area contributed by atoms with Gasteiger partial charge in [-0.15, -0.1) is 33.2 Å². The molecule has 25 heavy (non-hydrogen) atoms. The predicted molar refractivity (Wildman–Crippen MR) is 105 cm³/mol. The van der Waals surface area contributed by atoms with Crippen LogP contribution in [0.25, 0.3) is 0 Å². The van der Waals surface area contributed by atoms with Gasteiger partial charge in [-0.25, -0.2) is 0 Å². The third-order valence-corrected chi connectivity index (χ3v) is 9.49. The molecule has 140 valence electrons. The predicted octanol–water partition coefficient (Wildman–Crippen LogP) is 4.67. The lowest BCUT2D eigenvalue weighted by molar-refractivity contribution is 0.114. The minimum absolute atomic E-state index is 0.320. The van der Waals surface area contributed by atoms with Crippen molar-refractivity contribution in [3.8, 4) is 5.75 Å². The molecule has 0 bridgehead atoms. The monoisotopic (exact) mass is 440 g/mol. The van der Waals surface area contributed by atoms with Crippen molar-refractivity contribution in [2.75, 3.05) is 19.8 Å². The maximum atomic E-state index is 6.23. The molecule has 0 radical (unpaired) electrons. The number of benzene rings is 1. The molecule has 0 aromatic heterocycles. The van der Waals surface area contributed by atoms with Crippen LogP contribution in [0.1, 0.15) is 17.5 Å². The summed E-state index contributed by atoms with van der Waals surface area (Å²) in [6, 6.07) is 5.14. The van der Waals surface area contributed by atoms with Crippen molar-refractivity contribution < 1.29 is 18.3 Å². The van der Waals surface area contributed by atoms with Gasteiger partial charge in [0, 0.05) is 18.2 Å². The van der Waals surface area contributed by atoms with E-state index in [-0.39, 0.29) is 0 Å². The van der Waals surface area contributed by atoms with Gasteiger partial charge in [-0.1, -0.05) is 6.07 Å². The molecule has 2 aliphatic rings. The van der Waals surface area contributed by atoms with Crippen LogP contribution < -0.4 is 4.43 Å². The lowest BCUT2D eigenvalue weighted by atomic mass is 10.1. The van der Waals surface area contributed by atoms with Gasteiger partial charge in [0.25, 0.3) is 0 Å². The smallest absolute Gasteiger partial charge is 0.396 e. The van der Waals surface area contributed by atoms with E-state index in [1.54, 1.807) is 0 Å². The molecule has 3 rings (SSSR count). The first-order valence-corrected chi connectivity index (χ1v) is 16.3. The van der Waals surface area contributed by atoms with Crippen molar-refractivity contribution in [2.24, 2.45) is 0 Å². The summed E-state index contributed by atoms with van der Waals surface area (Å²) in [5.41, 5.74) is 2.24. The van der Waals surface area contributed by atoms with Crippen LogP contribution in [-0.2, 0) is 26.9 Å². The van der Waals surface area contributed by atoms with Crippen LogP contribution in [0.5, 0.6) is 5.75 Å². The van der Waals surface area contributed by atoms with Crippen LogP contribution >= 0.6 is 33.2 Å². The van der Waals surface area contributed by atoms with Crippen molar-refractivity contribution in [3.63, 3.8) is 0 Å². The lowest BCUT2D eigenvalue weighted by Crippen LogP contribution is -2.44. The highest BCUT2D eigenvalue weighted by molar-refractivity contribution is 7.64. The Morgan fingerprint density at radius 3 is 2.84 bits per heavy atom. The average molecular weight is 442 g/mol. The number of ether oxygens (including phenoxy) is 2. The average Bonchev–Trinajstić information content (AvgIpc) is 3.36. The Labute approximate surface area is 165 Å². The minimum Gasteiger partial charge on any atom is -0.520 e. The van der Waals surface area contributed by atoms with Crippen molar-refractivity contribution in [3.05, 3.63) is 29.3 Å². The second kappa shape index (κ2) is 8.48. The van der Waals surface area contributed by atoms with E-state index in [2.05, 4.69) is 18.7 Å². The molecule has 0 N–H and O–H groups in total. The number of halogens is 3. The molecule has 2 aliphatic heterocycles. The number of rotatable bonds is 9. The van der Waals surface area contributed by atoms with Gasteiger partial charge in [0.1, 0.15) is 11.9 Å². The van der Waals surface area contributed by atoms with Gasteiger partial charge in [-0.05, 0) is 43.1 Å². The third kappa shape index (κ3) is 6.70. The van der Waals surface area contributed by atoms with Crippen molar-refractivity contribution >= 4 is 47.8 Å². The topological polar surface area (TPSA) is 40.2 Å². The molecule has 0 saturated carbocycles. The summed E-state index contributed by atoms with van der Waals surface area (Å²) in [7, 11) is -2.18. The molecule has 1 aromatic rings. The molecule has 2 atom stereocenters. The summed E-state index contributed by atoms with van der Waals surface area (Å²) in [5.74, 6) is 0.933. The summed E-state index contributed by atoms with van der Waals surface area (Å²) in [4.78, 5) is 0. The molecule has 2 heterocycles. The van der Waals surface area contributed by atoms with E-state index in [0.717, 1.165) is 49.0 Å². The Bertz CT molecular complexity index is 595. The van der Waals surface area contributed by atoms with E-state index in [4.69, 9.17) is 51.6 Å². The summed E-state index contributed by atoms with van der Waals surface area (Å²) < 4.78 is 23.0. The molecule has 1 fully saturated rings. The lowest BCUT2D eigenvalue weighted by Gasteiger charge is -2.33. The molecular formula is C16H23Cl3O4Si2. The first kappa shape index (κ1) is 20.0. The van der Waals surface area contributed by atoms with E-state index in [9.17, 15) is 0 Å². The largest absolute Gasteiger partial charge is 0.520 e. The van der Waals surface area contributed by atoms with Crippen LogP contribution in [0, 0.1) is 0 Å². The quantitative estimate of drug-likeness (QED) is 0.242. The van der Waals surface area contributed by atoms with E-state index in [0.29, 0.717) is 25.4 Å². The SMILES string of the molecule is C[Si]1(CCCOCC2CO2)OCc2cc(CC[Si](Cl)(Cl)Cl)ccc2O1. The molecule has 1 saturated heterocycles. The van der Waals surface area contributed by atoms with Gasteiger partial charge >= 0.3 is 14.6 Å². The number of epoxide rings is 1. The number of aryl methyl sites for hydroxylation is 1. The van der Waals surface area contributed by atoms with Crippen LogP contribution in [0.3, 0.4) is 0 Å². The van der Waals surface area contributed by atoms with Crippen LogP contribution in [0.2, 0.25) is 18.6 Å². The van der Waals surface area contributed by atoms with Gasteiger partial charge in [0.2, 0.25) is 0 Å². The molecule has 4 nitrogen and oxygen atoms in total. The summed E-state index contributed by atoms with van der Waals surface area (Å²) in [6.07, 6.45) is 2.03. The Kier molecular flexibility index (Phi) is 6.77. The fourth-order valence-corrected chi connectivity index (χ4v) is 6.42. The number of fused-ring (bicyclic) bond motifs is 1. The maximum Gasteiger partial charge on any atom is 0.396 e. The molecule has 9 heteroatoms. The summed E-state index contributed by atoms with van der Waals surface area (Å²) >= 11 is 17.9. The van der Waals surface area contributed by atoms with Crippen LogP contribution in [0.4, 0.5) is 0 Å². The normalized spacial score (nSPS) is 25.4. The number of hydrogen-bond donors (Lipinski definition) is 0. The Hall–Kier alpha value is 0.204. The second-order valence-corrected chi connectivity index (χ2v) is 19.3. The standard InChI is InChI=1S/C16H23Cl3O4Si2/c1-24(7-2-6-20-11-15-12-21-15)22-10-14-9-13(3-4-16(14)23-24)5-8-25(17,18)19/h3-4,9,15H,2,5-8,10-12H2,1H3. The second-order valence-electron chi connectivity index (χ2n) is 6.72. The summed E-state index contributed by atoms with van der Waals surface area (Å²) in [5, 5.41) is 0. The fraction of sp³-hybridized carbons (Fsp3) is 0.625. The maximum absolute atomic E-state index is 6.23. The van der Waals surface area contributed by atoms with E-state index < -0.39 is 14.6 Å². The Morgan fingerprint density at radius 2 is 2.12 bits per heavy atom. The van der Waals surface area contributed by atoms with Crippen molar-refractivity contribution in [1.82, 2.24) is 0 Å². The third-order valence-electron chi connectivity index (χ3n) is 4.31. The zero-order chi connectivity index (χ0) is 17.9. The van der Waals surface area contributed by atoms with E-state index >= 15 is 0 Å². The molecule has 2 unspecified atom stereocenters. The molecule has 0 amide bonds. The highest BCUT2D eigenvalue weighted by atomic mass is 35.8. The van der Waals surface area contributed by atoms with Gasteiger partial charge in [0.15, 0.2) is 0 Å². The fourth-order valence-electron chi connectivity index (χ4n) is 2.78. The Balaban J connectivity index is 1.48. The van der Waals surface area contributed by atoms with Gasteiger partial charge < -0.3 is 18.3 Å². The first-order chi connectivity index (χ1) is 11.8. The first-order valence-electron chi connectivity index (χ1n) is 8.54. The zero-order valence-electron chi connectivity index (χ0n) is 14.2. The van der Waals surface area contributed by atoms with Crippen LogP contribution in [-0.4, -0.2) is 40.5 Å². The molecule has 0 spiro atoms. The molecular weight excluding hydrogens is 419 g/mol. The van der Waals surface area contributed by atoms with Crippen molar-refractivity contribution in [1.29, 1.82) is 0 Å².